The van der Waals surface area contributed by atoms with Crippen LogP contribution in [0, 0.1) is 6.92 Å². The third-order valence-electron chi connectivity index (χ3n) is 4.92. The third kappa shape index (κ3) is 6.57. The Labute approximate surface area is 204 Å². The smallest absolute Gasteiger partial charge is 0.243 e. The van der Waals surface area contributed by atoms with Gasteiger partial charge in [-0.05, 0) is 55.8 Å². The third-order valence-corrected chi connectivity index (χ3v) is 7.97. The van der Waals surface area contributed by atoms with Crippen molar-refractivity contribution in [2.75, 3.05) is 20.3 Å². The van der Waals surface area contributed by atoms with Crippen molar-refractivity contribution in [3.63, 3.8) is 0 Å². The second-order valence-corrected chi connectivity index (χ2v) is 10.9. The maximum absolute atomic E-state index is 13.3. The van der Waals surface area contributed by atoms with Crippen LogP contribution in [0.15, 0.2) is 65.0 Å². The topological polar surface area (TPSA) is 68.7 Å². The molecule has 33 heavy (non-hydrogen) atoms. The highest BCUT2D eigenvalue weighted by Gasteiger charge is 2.25. The molecule has 0 atom stereocenters. The molecule has 0 amide bonds. The van der Waals surface area contributed by atoms with Crippen LogP contribution in [0.3, 0.4) is 0 Å². The summed E-state index contributed by atoms with van der Waals surface area (Å²) >= 11 is 7.54. The summed E-state index contributed by atoms with van der Waals surface area (Å²) in [5.74, 6) is 1.16. The Bertz CT molecular complexity index is 1210. The van der Waals surface area contributed by atoms with Crippen molar-refractivity contribution in [3.05, 3.63) is 81.3 Å². The molecule has 0 N–H and O–H groups in total. The summed E-state index contributed by atoms with van der Waals surface area (Å²) in [7, 11) is -2.18. The number of nitrogens with zero attached hydrogens (tertiary/aromatic N) is 2. The minimum atomic E-state index is -3.75. The molecule has 0 aliphatic carbocycles. The quantitative estimate of drug-likeness (QED) is 0.321. The normalized spacial score (nSPS) is 11.5. The van der Waals surface area contributed by atoms with E-state index >= 15 is 0 Å². The molecule has 0 saturated carbocycles. The van der Waals surface area contributed by atoms with E-state index in [1.54, 1.807) is 43.6 Å². The van der Waals surface area contributed by atoms with Gasteiger partial charge in [0.05, 0.1) is 29.8 Å². The molecular formula is C24H27ClN2O4S2. The molecule has 1 heterocycles. The fourth-order valence-electron chi connectivity index (χ4n) is 3.24. The number of hydrogen-bond donors (Lipinski definition) is 0. The Morgan fingerprint density at radius 2 is 1.91 bits per heavy atom. The highest BCUT2D eigenvalue weighted by molar-refractivity contribution is 7.89. The molecule has 6 nitrogen and oxygen atoms in total. The van der Waals surface area contributed by atoms with E-state index in [1.165, 1.54) is 21.3 Å². The zero-order valence-electron chi connectivity index (χ0n) is 18.9. The van der Waals surface area contributed by atoms with Crippen molar-refractivity contribution in [1.82, 2.24) is 9.29 Å². The number of sulfonamides is 1. The lowest BCUT2D eigenvalue weighted by Crippen LogP contribution is -2.32. The Morgan fingerprint density at radius 1 is 1.18 bits per heavy atom. The largest absolute Gasteiger partial charge is 0.493 e. The van der Waals surface area contributed by atoms with E-state index in [-0.39, 0.29) is 18.0 Å². The number of benzene rings is 2. The number of halogens is 1. The first-order valence-electron chi connectivity index (χ1n) is 10.3. The van der Waals surface area contributed by atoms with Crippen molar-refractivity contribution in [2.45, 2.75) is 31.7 Å². The van der Waals surface area contributed by atoms with Crippen molar-refractivity contribution in [3.8, 4) is 11.5 Å². The summed E-state index contributed by atoms with van der Waals surface area (Å²) in [4.78, 5) is 5.62. The molecule has 1 aromatic heterocycles. The van der Waals surface area contributed by atoms with Gasteiger partial charge in [0.1, 0.15) is 0 Å². The van der Waals surface area contributed by atoms with Gasteiger partial charge < -0.3 is 9.47 Å². The van der Waals surface area contributed by atoms with Crippen LogP contribution in [0.25, 0.3) is 0 Å². The predicted octanol–water partition coefficient (Wildman–Crippen LogP) is 5.50. The highest BCUT2D eigenvalue weighted by atomic mass is 35.5. The molecule has 0 fully saturated rings. The lowest BCUT2D eigenvalue weighted by molar-refractivity contribution is 0.297. The number of aryl methyl sites for hydroxylation is 1. The highest BCUT2D eigenvalue weighted by Crippen LogP contribution is 2.30. The monoisotopic (exact) mass is 506 g/mol. The zero-order valence-corrected chi connectivity index (χ0v) is 21.3. The van der Waals surface area contributed by atoms with Crippen molar-refractivity contribution >= 4 is 33.0 Å². The van der Waals surface area contributed by atoms with Crippen molar-refractivity contribution in [2.24, 2.45) is 0 Å². The molecule has 3 aromatic rings. The van der Waals surface area contributed by atoms with E-state index in [0.29, 0.717) is 23.1 Å². The fraction of sp³-hybridized carbons (Fsp3) is 0.292. The van der Waals surface area contributed by atoms with E-state index in [1.807, 2.05) is 24.6 Å². The number of rotatable bonds is 11. The number of methoxy groups -OCH3 is 1. The van der Waals surface area contributed by atoms with Gasteiger partial charge in [0, 0.05) is 29.4 Å². The molecule has 0 aliphatic heterocycles. The van der Waals surface area contributed by atoms with Crippen LogP contribution in [-0.4, -0.2) is 38.0 Å². The summed E-state index contributed by atoms with van der Waals surface area (Å²) in [5.41, 5.74) is 4.36. The van der Waals surface area contributed by atoms with Gasteiger partial charge in [-0.2, -0.15) is 4.31 Å². The molecule has 0 aliphatic rings. The summed E-state index contributed by atoms with van der Waals surface area (Å²) < 4.78 is 39.4. The minimum Gasteiger partial charge on any atom is -0.493 e. The molecule has 176 valence electrons. The maximum atomic E-state index is 13.3. The van der Waals surface area contributed by atoms with Gasteiger partial charge >= 0.3 is 0 Å². The lowest BCUT2D eigenvalue weighted by Gasteiger charge is -2.23. The van der Waals surface area contributed by atoms with Gasteiger partial charge in [0.15, 0.2) is 11.5 Å². The Balaban J connectivity index is 1.77. The van der Waals surface area contributed by atoms with Crippen LogP contribution in [0.2, 0.25) is 5.02 Å². The second-order valence-electron chi connectivity index (χ2n) is 7.63. The van der Waals surface area contributed by atoms with Crippen LogP contribution in [0.1, 0.15) is 23.1 Å². The van der Waals surface area contributed by atoms with E-state index in [9.17, 15) is 8.42 Å². The fourth-order valence-corrected chi connectivity index (χ4v) is 5.61. The summed E-state index contributed by atoms with van der Waals surface area (Å²) in [6.07, 6.45) is 0.757. The van der Waals surface area contributed by atoms with Crippen LogP contribution < -0.4 is 9.47 Å². The molecule has 9 heteroatoms. The molecule has 0 spiro atoms. The van der Waals surface area contributed by atoms with Crippen molar-refractivity contribution < 1.29 is 17.9 Å². The summed E-state index contributed by atoms with van der Waals surface area (Å²) in [6.45, 7) is 8.52. The van der Waals surface area contributed by atoms with Crippen LogP contribution in [0.4, 0.5) is 0 Å². The van der Waals surface area contributed by atoms with Crippen LogP contribution in [-0.2, 0) is 23.0 Å². The zero-order chi connectivity index (χ0) is 24.0. The van der Waals surface area contributed by atoms with E-state index in [2.05, 4.69) is 11.6 Å². The standard InChI is InChI=1S/C24H27ClN2O4S2/c1-17(2)14-27(33(28,29)21-8-6-20(25)7-9-21)15-19-5-10-22(23(13-19)30-4)31-12-11-24-18(3)26-16-32-24/h5-10,13,16H,1,11-12,14-15H2,2-4H3. The van der Waals surface area contributed by atoms with E-state index in [4.69, 9.17) is 21.1 Å². The SMILES string of the molecule is C=C(C)CN(Cc1ccc(OCCc2scnc2C)c(OC)c1)S(=O)(=O)c1ccc(Cl)cc1. The predicted molar refractivity (Wildman–Crippen MR) is 133 cm³/mol. The van der Waals surface area contributed by atoms with Gasteiger partial charge in [-0.15, -0.1) is 11.3 Å². The van der Waals surface area contributed by atoms with Gasteiger partial charge in [-0.3, -0.25) is 0 Å². The van der Waals surface area contributed by atoms with Gasteiger partial charge in [0.2, 0.25) is 10.0 Å². The first-order chi connectivity index (χ1) is 15.7. The van der Waals surface area contributed by atoms with Gasteiger partial charge in [-0.1, -0.05) is 29.8 Å². The van der Waals surface area contributed by atoms with Gasteiger partial charge in [0.25, 0.3) is 0 Å². The van der Waals surface area contributed by atoms with E-state index in [0.717, 1.165) is 23.3 Å². The van der Waals surface area contributed by atoms with Crippen LogP contribution in [0.5, 0.6) is 11.5 Å². The average molecular weight is 507 g/mol. The molecule has 3 rings (SSSR count). The van der Waals surface area contributed by atoms with Crippen molar-refractivity contribution in [1.29, 1.82) is 0 Å². The second kappa shape index (κ2) is 11.2. The van der Waals surface area contributed by atoms with Crippen LogP contribution >= 0.6 is 22.9 Å². The average Bonchev–Trinajstić information content (AvgIpc) is 3.18. The number of ether oxygens (including phenoxy) is 2. The molecule has 0 radical (unpaired) electrons. The maximum Gasteiger partial charge on any atom is 0.243 e. The molecule has 2 aromatic carbocycles. The molecule has 0 unspecified atom stereocenters. The first kappa shape index (κ1) is 25.2. The molecular weight excluding hydrogens is 480 g/mol. The number of aromatic nitrogens is 1. The Hall–Kier alpha value is -2.39. The lowest BCUT2D eigenvalue weighted by atomic mass is 10.2. The Morgan fingerprint density at radius 3 is 2.52 bits per heavy atom. The number of thiazole rings is 1. The molecule has 0 saturated heterocycles. The van der Waals surface area contributed by atoms with Gasteiger partial charge in [-0.25, -0.2) is 13.4 Å². The first-order valence-corrected chi connectivity index (χ1v) is 13.0. The molecule has 0 bridgehead atoms. The Kier molecular flexibility index (Phi) is 8.53. The summed E-state index contributed by atoms with van der Waals surface area (Å²) in [5, 5.41) is 0.478. The number of hydrogen-bond acceptors (Lipinski definition) is 6. The minimum absolute atomic E-state index is 0.161. The summed E-state index contributed by atoms with van der Waals surface area (Å²) in [6, 6.07) is 11.6. The van der Waals surface area contributed by atoms with E-state index < -0.39 is 10.0 Å².